The van der Waals surface area contributed by atoms with E-state index in [9.17, 15) is 4.79 Å². The van der Waals surface area contributed by atoms with Crippen LogP contribution in [0.25, 0.3) is 39.2 Å². The van der Waals surface area contributed by atoms with Gasteiger partial charge in [-0.2, -0.15) is 4.52 Å². The van der Waals surface area contributed by atoms with Crippen LogP contribution in [0.5, 0.6) is 5.75 Å². The van der Waals surface area contributed by atoms with Crippen molar-refractivity contribution in [3.63, 3.8) is 0 Å². The summed E-state index contributed by atoms with van der Waals surface area (Å²) >= 11 is 0. The van der Waals surface area contributed by atoms with Crippen LogP contribution in [-0.4, -0.2) is 28.3 Å². The largest absolute Gasteiger partial charge is 0.497 e. The maximum atomic E-state index is 14.0. The van der Waals surface area contributed by atoms with Gasteiger partial charge < -0.3 is 9.47 Å². The molecule has 0 saturated heterocycles. The van der Waals surface area contributed by atoms with Gasteiger partial charge in [0.2, 0.25) is 0 Å². The summed E-state index contributed by atoms with van der Waals surface area (Å²) < 4.78 is 12.8. The van der Waals surface area contributed by atoms with E-state index in [2.05, 4.69) is 12.0 Å². The number of ether oxygens (including phenoxy) is 2. The Labute approximate surface area is 210 Å². The highest BCUT2D eigenvalue weighted by Crippen LogP contribution is 2.35. The first-order chi connectivity index (χ1) is 17.7. The monoisotopic (exact) mass is 479 g/mol. The smallest absolute Gasteiger partial charge is 0.280 e. The SMILES string of the molecule is CCCCOCc1nc2c(-c3ccccc3)c(-c3ccccc3)[nH]n2c(=O)c1-c1ccc(OC)cc1. The van der Waals surface area contributed by atoms with Crippen LogP contribution in [0.15, 0.2) is 89.7 Å². The minimum atomic E-state index is -0.168. The van der Waals surface area contributed by atoms with E-state index in [0.717, 1.165) is 46.5 Å². The Hall–Kier alpha value is -4.16. The van der Waals surface area contributed by atoms with Gasteiger partial charge in [-0.1, -0.05) is 86.1 Å². The second-order valence-electron chi connectivity index (χ2n) is 8.63. The number of fused-ring (bicyclic) bond motifs is 1. The summed E-state index contributed by atoms with van der Waals surface area (Å²) in [6.45, 7) is 3.00. The maximum absolute atomic E-state index is 14.0. The van der Waals surface area contributed by atoms with Crippen LogP contribution < -0.4 is 10.3 Å². The zero-order valence-corrected chi connectivity index (χ0v) is 20.5. The van der Waals surface area contributed by atoms with Crippen molar-refractivity contribution >= 4 is 5.65 Å². The Morgan fingerprint density at radius 2 is 1.47 bits per heavy atom. The lowest BCUT2D eigenvalue weighted by Crippen LogP contribution is -2.21. The summed E-state index contributed by atoms with van der Waals surface area (Å²) in [4.78, 5) is 19.1. The minimum absolute atomic E-state index is 0.168. The molecule has 6 nitrogen and oxygen atoms in total. The van der Waals surface area contributed by atoms with Gasteiger partial charge in [0, 0.05) is 12.2 Å². The molecule has 2 heterocycles. The molecule has 6 heteroatoms. The Bertz CT molecular complexity index is 1510. The number of rotatable bonds is 9. The van der Waals surface area contributed by atoms with E-state index in [1.807, 2.05) is 84.9 Å². The molecule has 0 saturated carbocycles. The number of methoxy groups -OCH3 is 1. The quantitative estimate of drug-likeness (QED) is 0.250. The fourth-order valence-corrected chi connectivity index (χ4v) is 4.38. The van der Waals surface area contributed by atoms with E-state index in [4.69, 9.17) is 14.5 Å². The molecule has 0 bridgehead atoms. The van der Waals surface area contributed by atoms with Gasteiger partial charge in [0.05, 0.1) is 36.2 Å². The molecule has 182 valence electrons. The molecule has 36 heavy (non-hydrogen) atoms. The molecule has 3 aromatic carbocycles. The summed E-state index contributed by atoms with van der Waals surface area (Å²) in [6, 6.07) is 27.5. The summed E-state index contributed by atoms with van der Waals surface area (Å²) in [7, 11) is 1.62. The first kappa shape index (κ1) is 23.6. The van der Waals surface area contributed by atoms with Crippen molar-refractivity contribution < 1.29 is 9.47 Å². The third kappa shape index (κ3) is 4.55. The first-order valence-electron chi connectivity index (χ1n) is 12.2. The number of H-pyrrole nitrogens is 1. The molecule has 0 radical (unpaired) electrons. The lowest BCUT2D eigenvalue weighted by Gasteiger charge is -2.11. The topological polar surface area (TPSA) is 68.6 Å². The van der Waals surface area contributed by atoms with Crippen molar-refractivity contribution in [1.29, 1.82) is 0 Å². The standard InChI is InChI=1S/C30H29N3O3/c1-3-4-19-36-20-25-26(22-15-17-24(35-2)18-16-22)30(34)33-29(31-25)27(21-11-7-5-8-12-21)28(32-33)23-13-9-6-10-14-23/h5-18,32H,3-4,19-20H2,1-2H3. The summed E-state index contributed by atoms with van der Waals surface area (Å²) in [5, 5.41) is 3.36. The van der Waals surface area contributed by atoms with Crippen LogP contribution in [0, 0.1) is 0 Å². The molecule has 1 N–H and O–H groups in total. The molecule has 0 spiro atoms. The van der Waals surface area contributed by atoms with Crippen LogP contribution >= 0.6 is 0 Å². The van der Waals surface area contributed by atoms with E-state index in [1.165, 1.54) is 0 Å². The number of nitrogens with zero attached hydrogens (tertiary/aromatic N) is 2. The molecule has 0 aliphatic heterocycles. The first-order valence-corrected chi connectivity index (χ1v) is 12.2. The molecule has 2 aromatic heterocycles. The van der Waals surface area contributed by atoms with Gasteiger partial charge in [-0.3, -0.25) is 9.89 Å². The predicted molar refractivity (Wildman–Crippen MR) is 143 cm³/mol. The van der Waals surface area contributed by atoms with Gasteiger partial charge >= 0.3 is 0 Å². The van der Waals surface area contributed by atoms with Crippen molar-refractivity contribution in [3.05, 3.63) is 101 Å². The molecular formula is C30H29N3O3. The van der Waals surface area contributed by atoms with Gasteiger partial charge in [-0.05, 0) is 29.7 Å². The van der Waals surface area contributed by atoms with E-state index in [0.29, 0.717) is 23.5 Å². The zero-order valence-electron chi connectivity index (χ0n) is 20.5. The van der Waals surface area contributed by atoms with Crippen molar-refractivity contribution in [2.75, 3.05) is 13.7 Å². The minimum Gasteiger partial charge on any atom is -0.497 e. The highest BCUT2D eigenvalue weighted by Gasteiger charge is 2.22. The van der Waals surface area contributed by atoms with Gasteiger partial charge in [-0.25, -0.2) is 4.98 Å². The number of aromatic nitrogens is 3. The molecule has 0 atom stereocenters. The molecule has 0 aliphatic carbocycles. The van der Waals surface area contributed by atoms with E-state index >= 15 is 0 Å². The Kier molecular flexibility index (Phi) is 6.96. The Balaban J connectivity index is 1.77. The van der Waals surface area contributed by atoms with Gasteiger partial charge in [0.15, 0.2) is 5.65 Å². The number of nitrogens with one attached hydrogen (secondary N) is 1. The molecular weight excluding hydrogens is 450 g/mol. The number of unbranched alkanes of at least 4 members (excludes halogenated alkanes) is 1. The van der Waals surface area contributed by atoms with Crippen molar-refractivity contribution in [2.24, 2.45) is 0 Å². The summed E-state index contributed by atoms with van der Waals surface area (Å²) in [6.07, 6.45) is 1.99. The second-order valence-corrected chi connectivity index (χ2v) is 8.63. The van der Waals surface area contributed by atoms with Crippen molar-refractivity contribution in [1.82, 2.24) is 14.6 Å². The molecule has 5 rings (SSSR count). The second kappa shape index (κ2) is 10.6. The predicted octanol–water partition coefficient (Wildman–Crippen LogP) is 6.35. The Morgan fingerprint density at radius 1 is 0.833 bits per heavy atom. The average Bonchev–Trinajstić information content (AvgIpc) is 3.32. The molecule has 0 fully saturated rings. The average molecular weight is 480 g/mol. The number of hydrogen-bond acceptors (Lipinski definition) is 4. The molecule has 0 amide bonds. The number of aromatic amines is 1. The molecule has 5 aromatic rings. The van der Waals surface area contributed by atoms with Gasteiger partial charge in [-0.15, -0.1) is 0 Å². The van der Waals surface area contributed by atoms with Crippen LogP contribution in [0.3, 0.4) is 0 Å². The third-order valence-corrected chi connectivity index (χ3v) is 6.24. The zero-order chi connectivity index (χ0) is 24.9. The number of hydrogen-bond donors (Lipinski definition) is 1. The van der Waals surface area contributed by atoms with E-state index in [1.54, 1.807) is 11.6 Å². The van der Waals surface area contributed by atoms with Crippen LogP contribution in [-0.2, 0) is 11.3 Å². The molecule has 0 aliphatic rings. The summed E-state index contributed by atoms with van der Waals surface area (Å²) in [5.41, 5.74) is 6.02. The summed E-state index contributed by atoms with van der Waals surface area (Å²) in [5.74, 6) is 0.728. The number of benzene rings is 3. The fourth-order valence-electron chi connectivity index (χ4n) is 4.38. The van der Waals surface area contributed by atoms with Crippen molar-refractivity contribution in [2.45, 2.75) is 26.4 Å². The maximum Gasteiger partial charge on any atom is 0.280 e. The van der Waals surface area contributed by atoms with E-state index < -0.39 is 0 Å². The fraction of sp³-hybridized carbons (Fsp3) is 0.200. The third-order valence-electron chi connectivity index (χ3n) is 6.24. The van der Waals surface area contributed by atoms with Gasteiger partial charge in [0.25, 0.3) is 5.56 Å². The lowest BCUT2D eigenvalue weighted by atomic mass is 10.0. The van der Waals surface area contributed by atoms with Gasteiger partial charge in [0.1, 0.15) is 5.75 Å². The van der Waals surface area contributed by atoms with Crippen LogP contribution in [0.4, 0.5) is 0 Å². The van der Waals surface area contributed by atoms with Crippen molar-refractivity contribution in [3.8, 4) is 39.3 Å². The van der Waals surface area contributed by atoms with Crippen LogP contribution in [0.2, 0.25) is 0 Å². The highest BCUT2D eigenvalue weighted by atomic mass is 16.5. The lowest BCUT2D eigenvalue weighted by molar-refractivity contribution is 0.116. The normalized spacial score (nSPS) is 11.2. The molecule has 0 unspecified atom stereocenters. The Morgan fingerprint density at radius 3 is 2.11 bits per heavy atom. The van der Waals surface area contributed by atoms with E-state index in [-0.39, 0.29) is 12.2 Å². The van der Waals surface area contributed by atoms with Crippen LogP contribution in [0.1, 0.15) is 25.5 Å². The highest BCUT2D eigenvalue weighted by molar-refractivity contribution is 5.91.